The lowest BCUT2D eigenvalue weighted by Crippen LogP contribution is -2.33. The Hall–Kier alpha value is -3.71. The van der Waals surface area contributed by atoms with Crippen LogP contribution in [0.5, 0.6) is 5.75 Å². The Labute approximate surface area is 223 Å². The normalized spacial score (nSPS) is 16.6. The fraction of sp³-hybridized carbons (Fsp3) is 0.387. The third-order valence-corrected chi connectivity index (χ3v) is 7.48. The van der Waals surface area contributed by atoms with Gasteiger partial charge in [0.1, 0.15) is 18.2 Å². The Morgan fingerprint density at radius 2 is 1.76 bits per heavy atom. The van der Waals surface area contributed by atoms with E-state index in [1.54, 1.807) is 0 Å². The summed E-state index contributed by atoms with van der Waals surface area (Å²) in [4.78, 5) is 7.26. The van der Waals surface area contributed by atoms with Gasteiger partial charge in [-0.05, 0) is 78.5 Å². The summed E-state index contributed by atoms with van der Waals surface area (Å²) in [7, 11) is 0. The molecule has 0 aliphatic carbocycles. The third-order valence-electron chi connectivity index (χ3n) is 7.48. The summed E-state index contributed by atoms with van der Waals surface area (Å²) >= 11 is 0. The summed E-state index contributed by atoms with van der Waals surface area (Å²) < 4.78 is 6.20. The summed E-state index contributed by atoms with van der Waals surface area (Å²) in [5.74, 6) is 2.55. The number of fused-ring (bicyclic) bond motifs is 2. The number of likely N-dealkylation sites (tertiary alicyclic amines) is 1. The van der Waals surface area contributed by atoms with E-state index in [0.717, 1.165) is 64.3 Å². The van der Waals surface area contributed by atoms with Crippen LogP contribution in [0, 0.1) is 5.41 Å². The molecule has 196 valence electrons. The summed E-state index contributed by atoms with van der Waals surface area (Å²) in [5, 5.41) is 18.8. The molecular formula is C31H36N6O. The molecule has 1 atom stereocenters. The van der Waals surface area contributed by atoms with Crippen LogP contribution in [0.3, 0.4) is 0 Å². The number of rotatable bonds is 7. The molecule has 0 unspecified atom stereocenters. The van der Waals surface area contributed by atoms with Crippen LogP contribution in [0.25, 0.3) is 44.3 Å². The fourth-order valence-electron chi connectivity index (χ4n) is 5.53. The van der Waals surface area contributed by atoms with Gasteiger partial charge < -0.3 is 4.74 Å². The number of ether oxygens (including phenoxy) is 1. The molecule has 3 heterocycles. The second kappa shape index (κ2) is 9.87. The predicted octanol–water partition coefficient (Wildman–Crippen LogP) is 6.62. The minimum Gasteiger partial charge on any atom is -0.492 e. The Morgan fingerprint density at radius 3 is 2.61 bits per heavy atom. The van der Waals surface area contributed by atoms with E-state index in [0.29, 0.717) is 11.9 Å². The highest BCUT2D eigenvalue weighted by Gasteiger charge is 2.23. The molecule has 1 aliphatic rings. The maximum absolute atomic E-state index is 6.20. The van der Waals surface area contributed by atoms with Crippen LogP contribution in [0.1, 0.15) is 46.4 Å². The van der Waals surface area contributed by atoms with Crippen LogP contribution in [0.2, 0.25) is 0 Å². The lowest BCUT2D eigenvalue weighted by molar-refractivity contribution is 0.179. The SMILES string of the molecule is CCN1CCC[C@@H]1COc1ccc2cc(-c3n[nH]c4ccc(-c5n[nH]c(CC(C)(C)C)n5)cc34)ccc2c1. The van der Waals surface area contributed by atoms with Crippen LogP contribution in [0.4, 0.5) is 0 Å². The van der Waals surface area contributed by atoms with Crippen LogP contribution >= 0.6 is 0 Å². The number of benzene rings is 3. The van der Waals surface area contributed by atoms with Crippen molar-refractivity contribution in [3.63, 3.8) is 0 Å². The van der Waals surface area contributed by atoms with Crippen LogP contribution < -0.4 is 4.74 Å². The summed E-state index contributed by atoms with van der Waals surface area (Å²) in [6.45, 7) is 11.9. The van der Waals surface area contributed by atoms with Gasteiger partial charge in [-0.15, -0.1) is 0 Å². The monoisotopic (exact) mass is 508 g/mol. The van der Waals surface area contributed by atoms with E-state index in [1.807, 2.05) is 6.07 Å². The molecule has 0 radical (unpaired) electrons. The molecule has 1 aliphatic heterocycles. The van der Waals surface area contributed by atoms with E-state index in [4.69, 9.17) is 9.72 Å². The van der Waals surface area contributed by atoms with Crippen LogP contribution in [-0.4, -0.2) is 56.0 Å². The van der Waals surface area contributed by atoms with Crippen molar-refractivity contribution in [3.8, 4) is 28.4 Å². The van der Waals surface area contributed by atoms with Gasteiger partial charge in [0.15, 0.2) is 5.82 Å². The van der Waals surface area contributed by atoms with Gasteiger partial charge in [0, 0.05) is 29.0 Å². The second-order valence-corrected chi connectivity index (χ2v) is 11.6. The Bertz CT molecular complexity index is 1580. The van der Waals surface area contributed by atoms with E-state index in [2.05, 4.69) is 102 Å². The van der Waals surface area contributed by atoms with Crippen molar-refractivity contribution in [3.05, 3.63) is 60.4 Å². The predicted molar refractivity (Wildman–Crippen MR) is 153 cm³/mol. The molecule has 0 saturated carbocycles. The van der Waals surface area contributed by atoms with Crippen molar-refractivity contribution in [2.75, 3.05) is 19.7 Å². The minimum atomic E-state index is 0.147. The van der Waals surface area contributed by atoms with Crippen LogP contribution in [0.15, 0.2) is 54.6 Å². The van der Waals surface area contributed by atoms with Crippen LogP contribution in [-0.2, 0) is 6.42 Å². The average Bonchev–Trinajstić information content (AvgIpc) is 3.65. The van der Waals surface area contributed by atoms with E-state index < -0.39 is 0 Å². The molecule has 1 fully saturated rings. The van der Waals surface area contributed by atoms with Crippen molar-refractivity contribution < 1.29 is 4.74 Å². The number of aromatic nitrogens is 5. The second-order valence-electron chi connectivity index (χ2n) is 11.6. The highest BCUT2D eigenvalue weighted by molar-refractivity contribution is 5.97. The molecule has 6 rings (SSSR count). The van der Waals surface area contributed by atoms with Gasteiger partial charge in [0.2, 0.25) is 0 Å². The smallest absolute Gasteiger partial charge is 0.181 e. The zero-order valence-electron chi connectivity index (χ0n) is 22.7. The summed E-state index contributed by atoms with van der Waals surface area (Å²) in [6, 6.07) is 19.6. The van der Waals surface area contributed by atoms with E-state index in [9.17, 15) is 0 Å². The number of hydrogen-bond donors (Lipinski definition) is 2. The zero-order valence-corrected chi connectivity index (χ0v) is 22.7. The Morgan fingerprint density at radius 1 is 0.947 bits per heavy atom. The first-order chi connectivity index (χ1) is 18.4. The van der Waals surface area contributed by atoms with Crippen molar-refractivity contribution in [1.82, 2.24) is 30.3 Å². The molecule has 0 spiro atoms. The molecule has 0 bridgehead atoms. The molecule has 5 aromatic rings. The maximum Gasteiger partial charge on any atom is 0.181 e. The van der Waals surface area contributed by atoms with Crippen molar-refractivity contribution in [2.24, 2.45) is 5.41 Å². The van der Waals surface area contributed by atoms with Gasteiger partial charge in [0.05, 0.1) is 11.2 Å². The lowest BCUT2D eigenvalue weighted by Gasteiger charge is -2.22. The lowest BCUT2D eigenvalue weighted by atomic mass is 9.92. The number of likely N-dealkylation sites (N-methyl/N-ethyl adjacent to an activating group) is 1. The first-order valence-corrected chi connectivity index (χ1v) is 13.7. The summed E-state index contributed by atoms with van der Waals surface area (Å²) in [5.41, 5.74) is 4.11. The molecule has 1 saturated heterocycles. The van der Waals surface area contributed by atoms with Gasteiger partial charge in [-0.3, -0.25) is 15.1 Å². The molecule has 7 nitrogen and oxygen atoms in total. The number of H-pyrrole nitrogens is 2. The highest BCUT2D eigenvalue weighted by Crippen LogP contribution is 2.32. The molecule has 38 heavy (non-hydrogen) atoms. The third kappa shape index (κ3) is 5.03. The summed E-state index contributed by atoms with van der Waals surface area (Å²) in [6.07, 6.45) is 3.33. The number of hydrogen-bond acceptors (Lipinski definition) is 5. The Kier molecular flexibility index (Phi) is 6.40. The molecule has 7 heteroatoms. The highest BCUT2D eigenvalue weighted by atomic mass is 16.5. The molecule has 2 N–H and O–H groups in total. The van der Waals surface area contributed by atoms with Crippen molar-refractivity contribution in [1.29, 1.82) is 0 Å². The average molecular weight is 509 g/mol. The topological polar surface area (TPSA) is 82.7 Å². The molecule has 3 aromatic carbocycles. The van der Waals surface area contributed by atoms with Gasteiger partial charge in [-0.25, -0.2) is 4.98 Å². The van der Waals surface area contributed by atoms with E-state index in [1.165, 1.54) is 24.8 Å². The number of aromatic amines is 2. The largest absolute Gasteiger partial charge is 0.492 e. The first kappa shape index (κ1) is 24.6. The van der Waals surface area contributed by atoms with Gasteiger partial charge >= 0.3 is 0 Å². The molecular weight excluding hydrogens is 472 g/mol. The van der Waals surface area contributed by atoms with Crippen molar-refractivity contribution >= 4 is 21.7 Å². The zero-order chi connectivity index (χ0) is 26.3. The van der Waals surface area contributed by atoms with Crippen molar-refractivity contribution in [2.45, 2.75) is 53.0 Å². The number of nitrogens with one attached hydrogen (secondary N) is 2. The van der Waals surface area contributed by atoms with E-state index >= 15 is 0 Å². The first-order valence-electron chi connectivity index (χ1n) is 13.7. The molecule has 0 amide bonds. The van der Waals surface area contributed by atoms with E-state index in [-0.39, 0.29) is 5.41 Å². The standard InChI is InChI=1S/C31H36N6O/c1-5-37-14-6-7-24(37)19-38-25-12-10-20-15-22(9-8-21(20)16-25)29-26-17-23(11-13-27(26)33-35-29)30-32-28(34-36-30)18-31(2,3)4/h8-13,15-17,24H,5-7,14,18-19H2,1-4H3,(H,33,35)(H,32,34,36)/t24-/m1/s1. The molecule has 2 aromatic heterocycles. The Balaban J connectivity index is 1.25. The van der Waals surface area contributed by atoms with Gasteiger partial charge in [-0.1, -0.05) is 45.9 Å². The fourth-order valence-corrected chi connectivity index (χ4v) is 5.53. The van der Waals surface area contributed by atoms with Gasteiger partial charge in [-0.2, -0.15) is 10.2 Å². The quantitative estimate of drug-likeness (QED) is 0.258. The minimum absolute atomic E-state index is 0.147. The van der Waals surface area contributed by atoms with Gasteiger partial charge in [0.25, 0.3) is 0 Å². The maximum atomic E-state index is 6.20. The number of nitrogens with zero attached hydrogens (tertiary/aromatic N) is 4.